The van der Waals surface area contributed by atoms with Gasteiger partial charge < -0.3 is 5.73 Å². The monoisotopic (exact) mass is 222 g/mol. The predicted molar refractivity (Wildman–Crippen MR) is 61.8 cm³/mol. The summed E-state index contributed by atoms with van der Waals surface area (Å²) >= 11 is 3.16. The number of aromatic nitrogens is 1. The number of aryl methyl sites for hydroxylation is 1. The summed E-state index contributed by atoms with van der Waals surface area (Å²) in [6.45, 7) is 2.08. The molecule has 0 atom stereocenters. The van der Waals surface area contributed by atoms with Crippen LogP contribution >= 0.6 is 23.1 Å². The molecule has 2 nitrogen and oxygen atoms in total. The molecule has 2 N–H and O–H groups in total. The maximum Gasteiger partial charge on any atom is 0.156 e. The maximum absolute atomic E-state index is 5.60. The zero-order chi connectivity index (χ0) is 9.97. The van der Waals surface area contributed by atoms with Gasteiger partial charge in [-0.25, -0.2) is 4.98 Å². The minimum absolute atomic E-state index is 0.764. The molecule has 4 heteroatoms. The number of hydrogen-bond acceptors (Lipinski definition) is 4. The molecule has 2 rings (SSSR count). The van der Waals surface area contributed by atoms with Crippen molar-refractivity contribution in [2.45, 2.75) is 16.2 Å². The molecule has 1 aromatic carbocycles. The predicted octanol–water partition coefficient (Wildman–Crippen LogP) is 3.18. The van der Waals surface area contributed by atoms with E-state index < -0.39 is 0 Å². The molecule has 0 spiro atoms. The van der Waals surface area contributed by atoms with Gasteiger partial charge in [-0.1, -0.05) is 40.8 Å². The molecular weight excluding hydrogens is 212 g/mol. The third-order valence-corrected chi connectivity index (χ3v) is 3.64. The Morgan fingerprint density at radius 1 is 1.29 bits per heavy atom. The smallest absolute Gasteiger partial charge is 0.156 e. The Morgan fingerprint density at radius 2 is 2.00 bits per heavy atom. The van der Waals surface area contributed by atoms with E-state index in [1.165, 1.54) is 21.8 Å². The first-order valence-corrected chi connectivity index (χ1v) is 5.83. The molecule has 0 aliphatic rings. The highest BCUT2D eigenvalue weighted by molar-refractivity contribution is 8.01. The van der Waals surface area contributed by atoms with E-state index in [9.17, 15) is 0 Å². The summed E-state index contributed by atoms with van der Waals surface area (Å²) in [5, 5.41) is 0.764. The molecule has 0 amide bonds. The molecule has 14 heavy (non-hydrogen) atoms. The Balaban J connectivity index is 2.15. The summed E-state index contributed by atoms with van der Waals surface area (Å²) in [6, 6.07) is 8.38. The normalized spacial score (nSPS) is 10.4. The van der Waals surface area contributed by atoms with Crippen LogP contribution in [0.25, 0.3) is 0 Å². The Hall–Kier alpha value is -1.00. The fraction of sp³-hybridized carbons (Fsp3) is 0.100. The van der Waals surface area contributed by atoms with Gasteiger partial charge in [-0.15, -0.1) is 0 Å². The second-order valence-electron chi connectivity index (χ2n) is 2.94. The van der Waals surface area contributed by atoms with Crippen LogP contribution in [0.3, 0.4) is 0 Å². The molecule has 0 aliphatic heterocycles. The van der Waals surface area contributed by atoms with E-state index >= 15 is 0 Å². The molecule has 0 fully saturated rings. The van der Waals surface area contributed by atoms with Gasteiger partial charge in [0.15, 0.2) is 4.34 Å². The number of benzene rings is 1. The van der Waals surface area contributed by atoms with Crippen LogP contribution in [0.15, 0.2) is 39.7 Å². The quantitative estimate of drug-likeness (QED) is 0.848. The van der Waals surface area contributed by atoms with Crippen molar-refractivity contribution in [3.8, 4) is 0 Å². The lowest BCUT2D eigenvalue weighted by atomic mass is 10.2. The van der Waals surface area contributed by atoms with E-state index in [0.29, 0.717) is 0 Å². The Bertz CT molecular complexity index is 420. The molecule has 0 bridgehead atoms. The van der Waals surface area contributed by atoms with E-state index in [1.54, 1.807) is 18.0 Å². The van der Waals surface area contributed by atoms with E-state index in [4.69, 9.17) is 5.73 Å². The zero-order valence-corrected chi connectivity index (χ0v) is 9.36. The van der Waals surface area contributed by atoms with Gasteiger partial charge in [0.05, 0.1) is 6.20 Å². The third-order valence-electron chi connectivity index (χ3n) is 1.73. The SMILES string of the molecule is Cc1ccc(Sc2ncc(N)s2)cc1. The summed E-state index contributed by atoms with van der Waals surface area (Å²) in [5.74, 6) is 0. The largest absolute Gasteiger partial charge is 0.389 e. The van der Waals surface area contributed by atoms with Crippen molar-refractivity contribution in [3.05, 3.63) is 36.0 Å². The van der Waals surface area contributed by atoms with Crippen molar-refractivity contribution >= 4 is 28.1 Å². The summed E-state index contributed by atoms with van der Waals surface area (Å²) in [7, 11) is 0. The van der Waals surface area contributed by atoms with E-state index in [1.807, 2.05) is 0 Å². The topological polar surface area (TPSA) is 38.9 Å². The second kappa shape index (κ2) is 4.02. The lowest BCUT2D eigenvalue weighted by Crippen LogP contribution is -1.73. The molecule has 1 aromatic heterocycles. The fourth-order valence-corrected chi connectivity index (χ4v) is 2.76. The van der Waals surface area contributed by atoms with Crippen LogP contribution in [0, 0.1) is 6.92 Å². The average Bonchev–Trinajstić information content (AvgIpc) is 2.56. The molecule has 0 radical (unpaired) electrons. The maximum atomic E-state index is 5.60. The molecule has 0 aliphatic carbocycles. The highest BCUT2D eigenvalue weighted by atomic mass is 32.2. The Labute approximate surface area is 91.2 Å². The van der Waals surface area contributed by atoms with Gasteiger partial charge in [0, 0.05) is 4.90 Å². The number of hydrogen-bond donors (Lipinski definition) is 1. The molecule has 1 heterocycles. The minimum atomic E-state index is 0.764. The van der Waals surface area contributed by atoms with E-state index in [-0.39, 0.29) is 0 Å². The van der Waals surface area contributed by atoms with Crippen LogP contribution in [0.1, 0.15) is 5.56 Å². The van der Waals surface area contributed by atoms with Crippen molar-refractivity contribution in [3.63, 3.8) is 0 Å². The van der Waals surface area contributed by atoms with Crippen LogP contribution in [-0.4, -0.2) is 4.98 Å². The first kappa shape index (κ1) is 9.55. The highest BCUT2D eigenvalue weighted by Crippen LogP contribution is 2.31. The Kier molecular flexibility index (Phi) is 2.74. The summed E-state index contributed by atoms with van der Waals surface area (Å²) < 4.78 is 0.992. The number of rotatable bonds is 2. The molecule has 72 valence electrons. The lowest BCUT2D eigenvalue weighted by Gasteiger charge is -1.97. The minimum Gasteiger partial charge on any atom is -0.389 e. The van der Waals surface area contributed by atoms with Crippen molar-refractivity contribution in [2.75, 3.05) is 5.73 Å². The van der Waals surface area contributed by atoms with Crippen LogP contribution in [0.4, 0.5) is 5.00 Å². The standard InChI is InChI=1S/C10H10N2S2/c1-7-2-4-8(5-3-7)13-10-12-6-9(11)14-10/h2-6H,11H2,1H3. The van der Waals surface area contributed by atoms with E-state index in [2.05, 4.69) is 36.2 Å². The average molecular weight is 222 g/mol. The van der Waals surface area contributed by atoms with Crippen LogP contribution < -0.4 is 5.73 Å². The van der Waals surface area contributed by atoms with Crippen molar-refractivity contribution in [1.29, 1.82) is 0 Å². The first-order chi connectivity index (χ1) is 6.74. The van der Waals surface area contributed by atoms with Gasteiger partial charge in [0.25, 0.3) is 0 Å². The van der Waals surface area contributed by atoms with Crippen molar-refractivity contribution < 1.29 is 0 Å². The van der Waals surface area contributed by atoms with Gasteiger partial charge in [-0.05, 0) is 19.1 Å². The number of nitrogens with zero attached hydrogens (tertiary/aromatic N) is 1. The second-order valence-corrected chi connectivity index (χ2v) is 5.33. The fourth-order valence-electron chi connectivity index (χ4n) is 1.02. The zero-order valence-electron chi connectivity index (χ0n) is 7.73. The molecule has 0 saturated heterocycles. The van der Waals surface area contributed by atoms with Crippen molar-refractivity contribution in [2.24, 2.45) is 0 Å². The summed E-state index contributed by atoms with van der Waals surface area (Å²) in [4.78, 5) is 5.39. The molecule has 0 saturated carbocycles. The van der Waals surface area contributed by atoms with Crippen molar-refractivity contribution in [1.82, 2.24) is 4.98 Å². The Morgan fingerprint density at radius 3 is 2.57 bits per heavy atom. The molecule has 2 aromatic rings. The van der Waals surface area contributed by atoms with E-state index in [0.717, 1.165) is 9.34 Å². The number of nitrogen functional groups attached to an aromatic ring is 1. The van der Waals surface area contributed by atoms with Gasteiger partial charge in [0.2, 0.25) is 0 Å². The van der Waals surface area contributed by atoms with Crippen LogP contribution in [-0.2, 0) is 0 Å². The molecule has 0 unspecified atom stereocenters. The first-order valence-electron chi connectivity index (χ1n) is 4.20. The summed E-state index contributed by atoms with van der Waals surface area (Å²) in [6.07, 6.45) is 1.70. The number of thiazole rings is 1. The molecular formula is C10H10N2S2. The number of anilines is 1. The third kappa shape index (κ3) is 2.27. The summed E-state index contributed by atoms with van der Waals surface area (Å²) in [5.41, 5.74) is 6.87. The van der Waals surface area contributed by atoms with Gasteiger partial charge >= 0.3 is 0 Å². The van der Waals surface area contributed by atoms with Crippen LogP contribution in [0.2, 0.25) is 0 Å². The van der Waals surface area contributed by atoms with Gasteiger partial charge in [-0.3, -0.25) is 0 Å². The van der Waals surface area contributed by atoms with Crippen LogP contribution in [0.5, 0.6) is 0 Å². The van der Waals surface area contributed by atoms with Gasteiger partial charge in [0.1, 0.15) is 5.00 Å². The number of nitrogens with two attached hydrogens (primary N) is 1. The lowest BCUT2D eigenvalue weighted by molar-refractivity contribution is 1.24. The highest BCUT2D eigenvalue weighted by Gasteiger charge is 2.01. The van der Waals surface area contributed by atoms with Gasteiger partial charge in [-0.2, -0.15) is 0 Å².